The van der Waals surface area contributed by atoms with Crippen LogP contribution in [0.1, 0.15) is 23.2 Å². The number of hydrogen-bond acceptors (Lipinski definition) is 3. The number of nitrogen functional groups attached to an aromatic ring is 1. The van der Waals surface area contributed by atoms with Gasteiger partial charge in [-0.25, -0.2) is 0 Å². The van der Waals surface area contributed by atoms with Crippen LogP contribution >= 0.6 is 15.9 Å². The molecule has 6 heteroatoms. The van der Waals surface area contributed by atoms with Crippen LogP contribution in [0.15, 0.2) is 22.7 Å². The highest BCUT2D eigenvalue weighted by Crippen LogP contribution is 2.19. The molecule has 0 aromatic heterocycles. The monoisotopic (exact) mass is 325 g/mol. The van der Waals surface area contributed by atoms with E-state index in [9.17, 15) is 9.59 Å². The third-order valence-electron chi connectivity index (χ3n) is 2.84. The second kappa shape index (κ2) is 5.61. The second-order valence-electron chi connectivity index (χ2n) is 4.78. The van der Waals surface area contributed by atoms with Gasteiger partial charge in [0.2, 0.25) is 5.91 Å². The van der Waals surface area contributed by atoms with Crippen molar-refractivity contribution in [2.75, 3.05) is 19.3 Å². The molecule has 0 aliphatic heterocycles. The van der Waals surface area contributed by atoms with E-state index in [2.05, 4.69) is 21.2 Å². The fourth-order valence-corrected chi connectivity index (χ4v) is 2.26. The minimum atomic E-state index is -0.223. The highest BCUT2D eigenvalue weighted by molar-refractivity contribution is 9.10. The molecule has 0 heterocycles. The van der Waals surface area contributed by atoms with Gasteiger partial charge in [-0.1, -0.05) is 15.9 Å². The maximum Gasteiger partial charge on any atom is 0.254 e. The first kappa shape index (κ1) is 13.9. The molecule has 5 nitrogen and oxygen atoms in total. The molecule has 0 spiro atoms. The molecule has 1 aromatic rings. The summed E-state index contributed by atoms with van der Waals surface area (Å²) >= 11 is 3.29. The highest BCUT2D eigenvalue weighted by Gasteiger charge is 2.24. The summed E-state index contributed by atoms with van der Waals surface area (Å²) in [6.45, 7) is 0.0573. The Balaban J connectivity index is 1.98. The molecule has 1 fully saturated rings. The minimum absolute atomic E-state index is 0.0573. The normalized spacial score (nSPS) is 14.0. The first-order chi connectivity index (χ1) is 8.95. The molecule has 3 N–H and O–H groups in total. The number of likely N-dealkylation sites (N-methyl/N-ethyl adjacent to an activating group) is 1. The molecular weight excluding hydrogens is 310 g/mol. The van der Waals surface area contributed by atoms with Gasteiger partial charge in [-0.3, -0.25) is 9.59 Å². The summed E-state index contributed by atoms with van der Waals surface area (Å²) in [6.07, 6.45) is 2.07. The average molecular weight is 326 g/mol. The van der Waals surface area contributed by atoms with Crippen LogP contribution in [0.25, 0.3) is 0 Å². The fraction of sp³-hybridized carbons (Fsp3) is 0.385. The summed E-state index contributed by atoms with van der Waals surface area (Å²) in [6, 6.07) is 5.31. The van der Waals surface area contributed by atoms with Crippen LogP contribution < -0.4 is 11.1 Å². The standard InChI is InChI=1S/C13H16BrN3O2/c1-17(7-12(18)16-11-2-3-11)13(19)8-4-9(14)6-10(15)5-8/h4-6,11H,2-3,7,15H2,1H3,(H,16,18). The van der Waals surface area contributed by atoms with Crippen molar-refractivity contribution < 1.29 is 9.59 Å². The van der Waals surface area contributed by atoms with Crippen LogP contribution in [0.4, 0.5) is 5.69 Å². The quantitative estimate of drug-likeness (QED) is 0.821. The third-order valence-corrected chi connectivity index (χ3v) is 3.29. The topological polar surface area (TPSA) is 75.4 Å². The first-order valence-electron chi connectivity index (χ1n) is 6.06. The number of rotatable bonds is 4. The molecule has 1 aliphatic carbocycles. The lowest BCUT2D eigenvalue weighted by molar-refractivity contribution is -0.121. The molecule has 2 rings (SSSR count). The van der Waals surface area contributed by atoms with E-state index >= 15 is 0 Å². The summed E-state index contributed by atoms with van der Waals surface area (Å²) in [5.74, 6) is -0.347. The van der Waals surface area contributed by atoms with Crippen LogP contribution in [-0.4, -0.2) is 36.3 Å². The van der Waals surface area contributed by atoms with E-state index in [1.807, 2.05) is 0 Å². The van der Waals surface area contributed by atoms with Gasteiger partial charge in [0.05, 0.1) is 6.54 Å². The number of hydrogen-bond donors (Lipinski definition) is 2. The van der Waals surface area contributed by atoms with Crippen molar-refractivity contribution in [2.24, 2.45) is 0 Å². The molecular formula is C13H16BrN3O2. The predicted octanol–water partition coefficient (Wildman–Crippen LogP) is 1.38. The van der Waals surface area contributed by atoms with Crippen LogP contribution in [0, 0.1) is 0 Å². The zero-order valence-electron chi connectivity index (χ0n) is 10.6. The summed E-state index contributed by atoms with van der Waals surface area (Å²) in [5, 5.41) is 2.85. The predicted molar refractivity (Wildman–Crippen MR) is 76.7 cm³/mol. The van der Waals surface area contributed by atoms with Gasteiger partial charge in [0, 0.05) is 28.8 Å². The van der Waals surface area contributed by atoms with Crippen molar-refractivity contribution in [2.45, 2.75) is 18.9 Å². The Morgan fingerprint density at radius 1 is 1.42 bits per heavy atom. The van der Waals surface area contributed by atoms with Crippen molar-refractivity contribution in [3.05, 3.63) is 28.2 Å². The van der Waals surface area contributed by atoms with Gasteiger partial charge >= 0.3 is 0 Å². The molecule has 0 radical (unpaired) electrons. The number of amides is 2. The Kier molecular flexibility index (Phi) is 4.09. The van der Waals surface area contributed by atoms with Crippen molar-refractivity contribution >= 4 is 33.4 Å². The van der Waals surface area contributed by atoms with Crippen LogP contribution in [-0.2, 0) is 4.79 Å². The molecule has 19 heavy (non-hydrogen) atoms. The Labute approximate surface area is 120 Å². The molecule has 0 atom stereocenters. The van der Waals surface area contributed by atoms with E-state index in [1.165, 1.54) is 4.90 Å². The van der Waals surface area contributed by atoms with E-state index in [0.717, 1.165) is 17.3 Å². The van der Waals surface area contributed by atoms with Gasteiger partial charge in [0.25, 0.3) is 5.91 Å². The Hall–Kier alpha value is -1.56. The molecule has 102 valence electrons. The number of carbonyl (C=O) groups is 2. The number of nitrogens with zero attached hydrogens (tertiary/aromatic N) is 1. The smallest absolute Gasteiger partial charge is 0.254 e. The number of halogens is 1. The van der Waals surface area contributed by atoms with Gasteiger partial charge < -0.3 is 16.0 Å². The first-order valence-corrected chi connectivity index (χ1v) is 6.86. The molecule has 1 aromatic carbocycles. The van der Waals surface area contributed by atoms with Gasteiger partial charge in [-0.15, -0.1) is 0 Å². The van der Waals surface area contributed by atoms with Crippen LogP contribution in [0.2, 0.25) is 0 Å². The molecule has 0 bridgehead atoms. The van der Waals surface area contributed by atoms with Gasteiger partial charge in [0.1, 0.15) is 0 Å². The van der Waals surface area contributed by atoms with Gasteiger partial charge in [0.15, 0.2) is 0 Å². The SMILES string of the molecule is CN(CC(=O)NC1CC1)C(=O)c1cc(N)cc(Br)c1. The van der Waals surface area contributed by atoms with Crippen molar-refractivity contribution in [3.63, 3.8) is 0 Å². The van der Waals surface area contributed by atoms with E-state index in [4.69, 9.17) is 5.73 Å². The Morgan fingerprint density at radius 3 is 2.68 bits per heavy atom. The molecule has 0 saturated heterocycles. The third kappa shape index (κ3) is 3.96. The fourth-order valence-electron chi connectivity index (χ4n) is 1.74. The number of nitrogens with one attached hydrogen (secondary N) is 1. The highest BCUT2D eigenvalue weighted by atomic mass is 79.9. The van der Waals surface area contributed by atoms with E-state index in [0.29, 0.717) is 17.3 Å². The lowest BCUT2D eigenvalue weighted by Crippen LogP contribution is -2.39. The molecule has 1 saturated carbocycles. The molecule has 0 unspecified atom stereocenters. The maximum atomic E-state index is 12.2. The van der Waals surface area contributed by atoms with E-state index in [-0.39, 0.29) is 18.4 Å². The lowest BCUT2D eigenvalue weighted by Gasteiger charge is -2.17. The van der Waals surface area contributed by atoms with Gasteiger partial charge in [-0.2, -0.15) is 0 Å². The van der Waals surface area contributed by atoms with E-state index in [1.54, 1.807) is 25.2 Å². The van der Waals surface area contributed by atoms with Gasteiger partial charge in [-0.05, 0) is 31.0 Å². The van der Waals surface area contributed by atoms with Crippen molar-refractivity contribution in [1.82, 2.24) is 10.2 Å². The zero-order valence-corrected chi connectivity index (χ0v) is 12.2. The number of benzene rings is 1. The average Bonchev–Trinajstić information content (AvgIpc) is 3.10. The summed E-state index contributed by atoms with van der Waals surface area (Å²) in [5.41, 5.74) is 6.67. The van der Waals surface area contributed by atoms with Crippen molar-refractivity contribution in [3.8, 4) is 0 Å². The molecule has 1 aliphatic rings. The second-order valence-corrected chi connectivity index (χ2v) is 5.69. The van der Waals surface area contributed by atoms with Crippen LogP contribution in [0.3, 0.4) is 0 Å². The Bertz CT molecular complexity index is 494. The van der Waals surface area contributed by atoms with Crippen LogP contribution in [0.5, 0.6) is 0 Å². The van der Waals surface area contributed by atoms with Crippen molar-refractivity contribution in [1.29, 1.82) is 0 Å². The minimum Gasteiger partial charge on any atom is -0.399 e. The largest absolute Gasteiger partial charge is 0.399 e. The lowest BCUT2D eigenvalue weighted by atomic mass is 10.2. The number of anilines is 1. The zero-order chi connectivity index (χ0) is 14.0. The number of nitrogens with two attached hydrogens (primary N) is 1. The van der Waals surface area contributed by atoms with E-state index < -0.39 is 0 Å². The summed E-state index contributed by atoms with van der Waals surface area (Å²) in [7, 11) is 1.60. The summed E-state index contributed by atoms with van der Waals surface area (Å²) in [4.78, 5) is 25.2. The number of carbonyl (C=O) groups excluding carboxylic acids is 2. The maximum absolute atomic E-state index is 12.2. The summed E-state index contributed by atoms with van der Waals surface area (Å²) < 4.78 is 0.742. The molecule has 2 amide bonds. The Morgan fingerprint density at radius 2 is 2.11 bits per heavy atom.